The molecule has 5 nitrogen and oxygen atoms in total. The number of fused-ring (bicyclic) bond motifs is 3. The average molecular weight is 541 g/mol. The topological polar surface area (TPSA) is 64.0 Å². The maximum absolute atomic E-state index is 13.7. The maximum Gasteiger partial charge on any atom is 0.267 e. The van der Waals surface area contributed by atoms with Crippen molar-refractivity contribution in [1.29, 1.82) is 0 Å². The van der Waals surface area contributed by atoms with Crippen LogP contribution in [0.25, 0.3) is 15.9 Å². The predicted molar refractivity (Wildman–Crippen MR) is 140 cm³/mol. The summed E-state index contributed by atoms with van der Waals surface area (Å²) in [4.78, 5) is 33.3. The molecule has 1 aliphatic carbocycles. The molecule has 0 bridgehead atoms. The van der Waals surface area contributed by atoms with Gasteiger partial charge in [0.05, 0.1) is 16.8 Å². The molecule has 0 saturated heterocycles. The molecule has 2 aromatic heterocycles. The van der Waals surface area contributed by atoms with Crippen LogP contribution in [0.15, 0.2) is 63.0 Å². The molecule has 168 valence electrons. The highest BCUT2D eigenvalue weighted by atomic mass is 79.9. The van der Waals surface area contributed by atoms with Crippen molar-refractivity contribution in [3.63, 3.8) is 0 Å². The second kappa shape index (κ2) is 9.44. The third-order valence-electron chi connectivity index (χ3n) is 5.68. The molecule has 0 radical (unpaired) electrons. The van der Waals surface area contributed by atoms with Crippen molar-refractivity contribution in [3.05, 3.63) is 79.4 Å². The number of halogens is 1. The molecular formula is C25H22BrN3O2S2. The molecule has 5 rings (SSSR count). The Morgan fingerprint density at radius 1 is 1.18 bits per heavy atom. The van der Waals surface area contributed by atoms with Gasteiger partial charge < -0.3 is 5.32 Å². The van der Waals surface area contributed by atoms with Crippen LogP contribution in [-0.4, -0.2) is 21.2 Å². The molecule has 0 spiro atoms. The largest absolute Gasteiger partial charge is 0.325 e. The van der Waals surface area contributed by atoms with E-state index in [0.717, 1.165) is 57.3 Å². The number of amides is 1. The minimum absolute atomic E-state index is 0.0525. The Labute approximate surface area is 208 Å². The Morgan fingerprint density at radius 2 is 1.97 bits per heavy atom. The summed E-state index contributed by atoms with van der Waals surface area (Å²) in [7, 11) is 0. The van der Waals surface area contributed by atoms with E-state index in [-0.39, 0.29) is 17.2 Å². The number of carbonyl (C=O) groups is 1. The third kappa shape index (κ3) is 4.65. The van der Waals surface area contributed by atoms with Crippen LogP contribution in [0, 0.1) is 6.92 Å². The van der Waals surface area contributed by atoms with Crippen molar-refractivity contribution in [1.82, 2.24) is 9.55 Å². The molecule has 8 heteroatoms. The van der Waals surface area contributed by atoms with Crippen LogP contribution in [0.3, 0.4) is 0 Å². The lowest BCUT2D eigenvalue weighted by molar-refractivity contribution is -0.113. The van der Waals surface area contributed by atoms with Crippen molar-refractivity contribution in [2.24, 2.45) is 0 Å². The lowest BCUT2D eigenvalue weighted by atomic mass is 9.97. The van der Waals surface area contributed by atoms with Crippen molar-refractivity contribution in [2.45, 2.75) is 37.8 Å². The molecule has 0 saturated carbocycles. The third-order valence-corrected chi connectivity index (χ3v) is 8.33. The van der Waals surface area contributed by atoms with Gasteiger partial charge in [-0.1, -0.05) is 39.8 Å². The number of nitrogens with zero attached hydrogens (tertiary/aromatic N) is 2. The Morgan fingerprint density at radius 3 is 2.76 bits per heavy atom. The lowest BCUT2D eigenvalue weighted by Gasteiger charge is -2.14. The SMILES string of the molecule is Cc1cccc(NC(=O)CSc2nc3sc4c(c3c(=O)n2-c2ccc(Br)cc2)CCCC4)c1. The fourth-order valence-electron chi connectivity index (χ4n) is 4.15. The summed E-state index contributed by atoms with van der Waals surface area (Å²) in [5.41, 5.74) is 3.70. The molecule has 1 N–H and O–H groups in total. The summed E-state index contributed by atoms with van der Waals surface area (Å²) < 4.78 is 2.59. The molecule has 1 aliphatic rings. The van der Waals surface area contributed by atoms with Gasteiger partial charge in [-0.25, -0.2) is 4.98 Å². The number of rotatable bonds is 5. The highest BCUT2D eigenvalue weighted by Crippen LogP contribution is 2.35. The smallest absolute Gasteiger partial charge is 0.267 e. The summed E-state index contributed by atoms with van der Waals surface area (Å²) in [6.45, 7) is 1.99. The molecule has 0 aliphatic heterocycles. The highest BCUT2D eigenvalue weighted by Gasteiger charge is 2.23. The van der Waals surface area contributed by atoms with Crippen LogP contribution in [0.5, 0.6) is 0 Å². The molecule has 0 fully saturated rings. The minimum atomic E-state index is -0.132. The van der Waals surface area contributed by atoms with E-state index in [4.69, 9.17) is 4.98 Å². The van der Waals surface area contributed by atoms with Crippen molar-refractivity contribution < 1.29 is 4.79 Å². The number of nitrogens with one attached hydrogen (secondary N) is 1. The zero-order chi connectivity index (χ0) is 22.9. The Hall–Kier alpha value is -2.42. The lowest BCUT2D eigenvalue weighted by Crippen LogP contribution is -2.23. The Bertz CT molecular complexity index is 1410. The van der Waals surface area contributed by atoms with E-state index in [1.807, 2.05) is 55.5 Å². The fourth-order valence-corrected chi connectivity index (χ4v) is 6.53. The second-order valence-electron chi connectivity index (χ2n) is 8.11. The van der Waals surface area contributed by atoms with Gasteiger partial charge >= 0.3 is 0 Å². The van der Waals surface area contributed by atoms with Gasteiger partial charge in [0, 0.05) is 15.0 Å². The molecule has 0 unspecified atom stereocenters. The number of hydrogen-bond donors (Lipinski definition) is 1. The first-order valence-electron chi connectivity index (χ1n) is 10.8. The number of benzene rings is 2. The monoisotopic (exact) mass is 539 g/mol. The summed E-state index contributed by atoms with van der Waals surface area (Å²) in [5.74, 6) is 0.0285. The van der Waals surface area contributed by atoms with Crippen LogP contribution < -0.4 is 10.9 Å². The molecule has 1 amide bonds. The van der Waals surface area contributed by atoms with E-state index in [1.54, 1.807) is 15.9 Å². The van der Waals surface area contributed by atoms with Crippen LogP contribution in [0.1, 0.15) is 28.8 Å². The van der Waals surface area contributed by atoms with E-state index < -0.39 is 0 Å². The number of carbonyl (C=O) groups excluding carboxylic acids is 1. The van der Waals surface area contributed by atoms with E-state index >= 15 is 0 Å². The van der Waals surface area contributed by atoms with Crippen LogP contribution in [0.2, 0.25) is 0 Å². The van der Waals surface area contributed by atoms with Gasteiger partial charge in [-0.05, 0) is 80.1 Å². The van der Waals surface area contributed by atoms with Crippen LogP contribution in [0.4, 0.5) is 5.69 Å². The quantitative estimate of drug-likeness (QED) is 0.245. The van der Waals surface area contributed by atoms with Crippen molar-refractivity contribution >= 4 is 60.8 Å². The van der Waals surface area contributed by atoms with Gasteiger partial charge in [-0.3, -0.25) is 14.2 Å². The number of aromatic nitrogens is 2. The van der Waals surface area contributed by atoms with E-state index in [9.17, 15) is 9.59 Å². The number of thiophene rings is 1. The Balaban J connectivity index is 1.52. The first-order valence-corrected chi connectivity index (χ1v) is 13.4. The number of anilines is 1. The minimum Gasteiger partial charge on any atom is -0.325 e. The van der Waals surface area contributed by atoms with Gasteiger partial charge in [0.15, 0.2) is 5.16 Å². The second-order valence-corrected chi connectivity index (χ2v) is 11.1. The van der Waals surface area contributed by atoms with E-state index in [1.165, 1.54) is 22.2 Å². The zero-order valence-corrected chi connectivity index (χ0v) is 21.3. The van der Waals surface area contributed by atoms with Crippen LogP contribution in [-0.2, 0) is 17.6 Å². The predicted octanol–water partition coefficient (Wildman–Crippen LogP) is 6.13. The summed E-state index contributed by atoms with van der Waals surface area (Å²) in [6, 6.07) is 15.3. The number of hydrogen-bond acceptors (Lipinski definition) is 5. The number of aryl methyl sites for hydroxylation is 3. The maximum atomic E-state index is 13.7. The van der Waals surface area contributed by atoms with Gasteiger partial charge in [0.25, 0.3) is 5.56 Å². The van der Waals surface area contributed by atoms with Gasteiger partial charge in [-0.15, -0.1) is 11.3 Å². The fraction of sp³-hybridized carbons (Fsp3) is 0.240. The highest BCUT2D eigenvalue weighted by molar-refractivity contribution is 9.10. The van der Waals surface area contributed by atoms with E-state index in [0.29, 0.717) is 5.16 Å². The van der Waals surface area contributed by atoms with Crippen molar-refractivity contribution in [2.75, 3.05) is 11.1 Å². The van der Waals surface area contributed by atoms with Crippen molar-refractivity contribution in [3.8, 4) is 5.69 Å². The first-order chi connectivity index (χ1) is 16.0. The van der Waals surface area contributed by atoms with Gasteiger partial charge in [0.1, 0.15) is 4.83 Å². The molecule has 2 heterocycles. The Kier molecular flexibility index (Phi) is 6.40. The first kappa shape index (κ1) is 22.4. The van der Waals surface area contributed by atoms with E-state index in [2.05, 4.69) is 21.2 Å². The average Bonchev–Trinajstić information content (AvgIpc) is 3.17. The molecule has 33 heavy (non-hydrogen) atoms. The molecule has 2 aromatic carbocycles. The molecule has 0 atom stereocenters. The standard InChI is InChI=1S/C25H22BrN3O2S2/c1-15-5-4-6-17(13-15)27-21(30)14-32-25-28-23-22(19-7-2-3-8-20(19)33-23)24(31)29(25)18-11-9-16(26)10-12-18/h4-6,9-13H,2-3,7-8,14H2,1H3,(H,27,30). The summed E-state index contributed by atoms with van der Waals surface area (Å²) >= 11 is 6.38. The molecular weight excluding hydrogens is 518 g/mol. The van der Waals surface area contributed by atoms with Gasteiger partial charge in [0.2, 0.25) is 5.91 Å². The summed E-state index contributed by atoms with van der Waals surface area (Å²) in [5, 5.41) is 4.21. The molecule has 4 aromatic rings. The normalized spacial score (nSPS) is 13.2. The van der Waals surface area contributed by atoms with Crippen LogP contribution >= 0.6 is 39.0 Å². The van der Waals surface area contributed by atoms with Gasteiger partial charge in [-0.2, -0.15) is 0 Å². The zero-order valence-electron chi connectivity index (χ0n) is 18.1. The summed E-state index contributed by atoms with van der Waals surface area (Å²) in [6.07, 6.45) is 4.20. The number of thioether (sulfide) groups is 1.